The van der Waals surface area contributed by atoms with Gasteiger partial charge in [0.25, 0.3) is 5.69 Å². The maximum atomic E-state index is 13.8. The van der Waals surface area contributed by atoms with Crippen molar-refractivity contribution >= 4 is 17.5 Å². The van der Waals surface area contributed by atoms with Crippen molar-refractivity contribution in [2.45, 2.75) is 13.0 Å². The molecular weight excluding hydrogens is 305 g/mol. The average Bonchev–Trinajstić information content (AvgIpc) is 2.53. The van der Waals surface area contributed by atoms with Gasteiger partial charge in [-0.25, -0.2) is 9.37 Å². The van der Waals surface area contributed by atoms with Crippen molar-refractivity contribution in [2.75, 3.05) is 11.4 Å². The van der Waals surface area contributed by atoms with E-state index in [2.05, 4.69) is 4.98 Å². The highest BCUT2D eigenvalue weighted by molar-refractivity contribution is 5.67. The van der Waals surface area contributed by atoms with Gasteiger partial charge < -0.3 is 10.0 Å². The van der Waals surface area contributed by atoms with E-state index >= 15 is 0 Å². The average molecular weight is 319 g/mol. The Kier molecular flexibility index (Phi) is 5.19. The molecule has 1 aromatic carbocycles. The lowest BCUT2D eigenvalue weighted by atomic mass is 10.2. The largest absolute Gasteiger partial charge is 0.481 e. The molecule has 7 nitrogen and oxygen atoms in total. The summed E-state index contributed by atoms with van der Waals surface area (Å²) in [5.41, 5.74) is 0.218. The van der Waals surface area contributed by atoms with Gasteiger partial charge in [0.05, 0.1) is 11.3 Å². The molecule has 0 aliphatic carbocycles. The van der Waals surface area contributed by atoms with E-state index in [9.17, 15) is 19.3 Å². The standard InChI is InChI=1S/C15H14FN3O4/c16-13-4-2-1-3-11(13)10-18(8-7-15(20)21)14-6-5-12(9-17-14)19(22)23/h1-6,9H,7-8,10H2,(H,20,21). The lowest BCUT2D eigenvalue weighted by Gasteiger charge is -2.23. The van der Waals surface area contributed by atoms with Crippen LogP contribution >= 0.6 is 0 Å². The molecule has 8 heteroatoms. The van der Waals surface area contributed by atoms with Crippen LogP contribution in [0.4, 0.5) is 15.9 Å². The van der Waals surface area contributed by atoms with Crippen LogP contribution < -0.4 is 4.90 Å². The number of nitrogens with zero attached hydrogens (tertiary/aromatic N) is 3. The Labute approximate surface area is 131 Å². The van der Waals surface area contributed by atoms with E-state index in [-0.39, 0.29) is 25.2 Å². The second kappa shape index (κ2) is 7.30. The number of hydrogen-bond acceptors (Lipinski definition) is 5. The van der Waals surface area contributed by atoms with Gasteiger partial charge in [-0.05, 0) is 12.1 Å². The fourth-order valence-corrected chi connectivity index (χ4v) is 2.01. The van der Waals surface area contributed by atoms with Crippen molar-refractivity contribution in [1.29, 1.82) is 0 Å². The highest BCUT2D eigenvalue weighted by atomic mass is 19.1. The number of carboxylic acids is 1. The van der Waals surface area contributed by atoms with Gasteiger partial charge in [0.15, 0.2) is 0 Å². The first-order valence-corrected chi connectivity index (χ1v) is 6.78. The first kappa shape index (κ1) is 16.3. The Morgan fingerprint density at radius 3 is 2.61 bits per heavy atom. The van der Waals surface area contributed by atoms with Gasteiger partial charge in [-0.1, -0.05) is 18.2 Å². The molecule has 0 saturated heterocycles. The van der Waals surface area contributed by atoms with Crippen molar-refractivity contribution in [3.63, 3.8) is 0 Å². The molecule has 2 rings (SSSR count). The van der Waals surface area contributed by atoms with Gasteiger partial charge in [-0.15, -0.1) is 0 Å². The molecule has 0 radical (unpaired) electrons. The van der Waals surface area contributed by atoms with Crippen molar-refractivity contribution in [3.8, 4) is 0 Å². The fourth-order valence-electron chi connectivity index (χ4n) is 2.01. The van der Waals surface area contributed by atoms with Crippen molar-refractivity contribution < 1.29 is 19.2 Å². The van der Waals surface area contributed by atoms with Crippen molar-refractivity contribution in [2.24, 2.45) is 0 Å². The van der Waals surface area contributed by atoms with Crippen LogP contribution in [-0.2, 0) is 11.3 Å². The molecule has 1 N–H and O–H groups in total. The molecule has 1 aromatic heterocycles. The molecule has 0 aliphatic heterocycles. The quantitative estimate of drug-likeness (QED) is 0.622. The van der Waals surface area contributed by atoms with Gasteiger partial charge in [0.2, 0.25) is 0 Å². The number of rotatable bonds is 7. The summed E-state index contributed by atoms with van der Waals surface area (Å²) in [5, 5.41) is 19.5. The first-order valence-electron chi connectivity index (χ1n) is 6.78. The number of halogens is 1. The molecule has 1 heterocycles. The Hall–Kier alpha value is -3.03. The van der Waals surface area contributed by atoms with Crippen LogP contribution in [0.15, 0.2) is 42.6 Å². The normalized spacial score (nSPS) is 10.3. The SMILES string of the molecule is O=C(O)CCN(Cc1ccccc1F)c1ccc([N+](=O)[O-])cn1. The molecule has 0 saturated carbocycles. The Morgan fingerprint density at radius 1 is 1.30 bits per heavy atom. The second-order valence-corrected chi connectivity index (χ2v) is 4.79. The lowest BCUT2D eigenvalue weighted by molar-refractivity contribution is -0.385. The zero-order valence-electron chi connectivity index (χ0n) is 12.1. The lowest BCUT2D eigenvalue weighted by Crippen LogP contribution is -2.27. The molecule has 0 amide bonds. The summed E-state index contributed by atoms with van der Waals surface area (Å²) in [4.78, 5) is 26.4. The number of aromatic nitrogens is 1. The van der Waals surface area contributed by atoms with E-state index in [4.69, 9.17) is 5.11 Å². The highest BCUT2D eigenvalue weighted by Gasteiger charge is 2.14. The highest BCUT2D eigenvalue weighted by Crippen LogP contribution is 2.19. The number of carboxylic acid groups (broad SMARTS) is 1. The predicted octanol–water partition coefficient (Wildman–Crippen LogP) is 2.61. The summed E-state index contributed by atoms with van der Waals surface area (Å²) < 4.78 is 13.8. The molecule has 0 aliphatic rings. The molecule has 0 bridgehead atoms. The Morgan fingerprint density at radius 2 is 2.04 bits per heavy atom. The minimum absolute atomic E-state index is 0.106. The van der Waals surface area contributed by atoms with E-state index in [0.717, 1.165) is 6.20 Å². The van der Waals surface area contributed by atoms with Gasteiger partial charge in [-0.2, -0.15) is 0 Å². The summed E-state index contributed by atoms with van der Waals surface area (Å²) in [6, 6.07) is 8.84. The maximum Gasteiger partial charge on any atom is 0.305 e. The molecular formula is C15H14FN3O4. The van der Waals surface area contributed by atoms with E-state index in [1.165, 1.54) is 18.2 Å². The molecule has 0 atom stereocenters. The van der Waals surface area contributed by atoms with Gasteiger partial charge in [-0.3, -0.25) is 14.9 Å². The summed E-state index contributed by atoms with van der Waals surface area (Å²) in [7, 11) is 0. The summed E-state index contributed by atoms with van der Waals surface area (Å²) in [6.45, 7) is 0.221. The number of aliphatic carboxylic acids is 1. The maximum absolute atomic E-state index is 13.8. The second-order valence-electron chi connectivity index (χ2n) is 4.79. The van der Waals surface area contributed by atoms with Crippen LogP contribution in [0.3, 0.4) is 0 Å². The topological polar surface area (TPSA) is 96.6 Å². The zero-order chi connectivity index (χ0) is 16.8. The van der Waals surface area contributed by atoms with Crippen LogP contribution in [0, 0.1) is 15.9 Å². The molecule has 120 valence electrons. The Bertz CT molecular complexity index is 706. The third-order valence-corrected chi connectivity index (χ3v) is 3.18. The molecule has 0 fully saturated rings. The number of pyridine rings is 1. The van der Waals surface area contributed by atoms with Crippen molar-refractivity contribution in [1.82, 2.24) is 4.98 Å². The number of carbonyl (C=O) groups is 1. The first-order chi connectivity index (χ1) is 11.0. The van der Waals surface area contributed by atoms with Crippen LogP contribution in [0.1, 0.15) is 12.0 Å². The van der Waals surface area contributed by atoms with Gasteiger partial charge in [0.1, 0.15) is 17.8 Å². The van der Waals surface area contributed by atoms with E-state index < -0.39 is 16.7 Å². The minimum atomic E-state index is -0.995. The summed E-state index contributed by atoms with van der Waals surface area (Å²) in [5.74, 6) is -1.06. The molecule has 23 heavy (non-hydrogen) atoms. The monoisotopic (exact) mass is 319 g/mol. The Balaban J connectivity index is 2.24. The summed E-state index contributed by atoms with van der Waals surface area (Å²) >= 11 is 0. The predicted molar refractivity (Wildman–Crippen MR) is 80.6 cm³/mol. The smallest absolute Gasteiger partial charge is 0.305 e. The summed E-state index contributed by atoms with van der Waals surface area (Å²) in [6.07, 6.45) is 0.928. The van der Waals surface area contributed by atoms with Crippen LogP contribution in [0.5, 0.6) is 0 Å². The van der Waals surface area contributed by atoms with Gasteiger partial charge in [0, 0.05) is 24.7 Å². The van der Waals surface area contributed by atoms with Gasteiger partial charge >= 0.3 is 5.97 Å². The van der Waals surface area contributed by atoms with Crippen LogP contribution in [-0.4, -0.2) is 27.5 Å². The van der Waals surface area contributed by atoms with Crippen LogP contribution in [0.2, 0.25) is 0 Å². The molecule has 2 aromatic rings. The number of anilines is 1. The number of nitro groups is 1. The third-order valence-electron chi connectivity index (χ3n) is 3.18. The van der Waals surface area contributed by atoms with Crippen molar-refractivity contribution in [3.05, 3.63) is 64.1 Å². The third kappa shape index (κ3) is 4.47. The molecule has 0 unspecified atom stereocenters. The van der Waals surface area contributed by atoms with E-state index in [0.29, 0.717) is 11.4 Å². The van der Waals surface area contributed by atoms with E-state index in [1.807, 2.05) is 0 Å². The number of hydrogen-bond donors (Lipinski definition) is 1. The minimum Gasteiger partial charge on any atom is -0.481 e. The van der Waals surface area contributed by atoms with Crippen LogP contribution in [0.25, 0.3) is 0 Å². The van der Waals surface area contributed by atoms with E-state index in [1.54, 1.807) is 23.1 Å². The number of benzene rings is 1. The molecule has 0 spiro atoms. The zero-order valence-corrected chi connectivity index (χ0v) is 12.1. The fraction of sp³-hybridized carbons (Fsp3) is 0.200.